The Hall–Kier alpha value is -3.03. The molecule has 0 unspecified atom stereocenters. The van der Waals surface area contributed by atoms with Gasteiger partial charge in [0.05, 0.1) is 36.6 Å². The Bertz CT molecular complexity index is 1110. The van der Waals surface area contributed by atoms with Crippen molar-refractivity contribution in [1.29, 1.82) is 0 Å². The Balaban J connectivity index is 1.46. The molecule has 1 amide bonds. The third kappa shape index (κ3) is 5.18. The minimum Gasteiger partial charge on any atom is -0.383 e. The molecule has 1 heterocycles. The quantitative estimate of drug-likeness (QED) is 0.585. The van der Waals surface area contributed by atoms with Crippen molar-refractivity contribution in [3.05, 3.63) is 75.8 Å². The molecule has 2 N–H and O–H groups in total. The lowest BCUT2D eigenvalue weighted by atomic mass is 9.88. The summed E-state index contributed by atoms with van der Waals surface area (Å²) in [5.41, 5.74) is 3.01. The zero-order chi connectivity index (χ0) is 21.6. The lowest BCUT2D eigenvalue weighted by Crippen LogP contribution is -2.41. The first-order valence-electron chi connectivity index (χ1n) is 10.7. The topological polar surface area (TPSA) is 87.3 Å². The number of hydrogen-bond donors (Lipinski definition) is 2. The Morgan fingerprint density at radius 2 is 2.03 bits per heavy atom. The highest BCUT2D eigenvalue weighted by Gasteiger charge is 2.22. The summed E-state index contributed by atoms with van der Waals surface area (Å²) in [6, 6.07) is 15.6. The van der Waals surface area contributed by atoms with E-state index in [1.54, 1.807) is 13.2 Å². The van der Waals surface area contributed by atoms with Gasteiger partial charge in [-0.25, -0.2) is 4.98 Å². The molecule has 0 fully saturated rings. The number of fused-ring (bicyclic) bond motifs is 2. The summed E-state index contributed by atoms with van der Waals surface area (Å²) in [6.07, 6.45) is 3.07. The summed E-state index contributed by atoms with van der Waals surface area (Å²) in [5.74, 6) is 0.497. The Morgan fingerprint density at radius 1 is 1.23 bits per heavy atom. The van der Waals surface area contributed by atoms with Gasteiger partial charge >= 0.3 is 0 Å². The van der Waals surface area contributed by atoms with Crippen LogP contribution in [0.5, 0.6) is 0 Å². The van der Waals surface area contributed by atoms with Gasteiger partial charge in [0.2, 0.25) is 5.91 Å². The number of ether oxygens (including phenoxy) is 1. The number of methoxy groups -OCH3 is 1. The molecule has 1 atom stereocenters. The highest BCUT2D eigenvalue weighted by molar-refractivity contribution is 5.79. The van der Waals surface area contributed by atoms with Crippen molar-refractivity contribution in [2.24, 2.45) is 0 Å². The number of aromatic nitrogens is 2. The van der Waals surface area contributed by atoms with Gasteiger partial charge in [-0.05, 0) is 42.5 Å². The van der Waals surface area contributed by atoms with Crippen molar-refractivity contribution in [1.82, 2.24) is 20.2 Å². The van der Waals surface area contributed by atoms with Gasteiger partial charge in [-0.3, -0.25) is 14.5 Å². The maximum absolute atomic E-state index is 12.9. The van der Waals surface area contributed by atoms with Crippen molar-refractivity contribution in [2.75, 3.05) is 26.8 Å². The monoisotopic (exact) mass is 420 g/mol. The van der Waals surface area contributed by atoms with Gasteiger partial charge in [-0.15, -0.1) is 0 Å². The van der Waals surface area contributed by atoms with E-state index in [1.165, 1.54) is 11.1 Å². The predicted octanol–water partition coefficient (Wildman–Crippen LogP) is 2.57. The van der Waals surface area contributed by atoms with Crippen LogP contribution in [0.15, 0.2) is 53.3 Å². The number of benzene rings is 2. The summed E-state index contributed by atoms with van der Waals surface area (Å²) in [5, 5.41) is 3.75. The van der Waals surface area contributed by atoms with E-state index in [1.807, 2.05) is 35.2 Å². The summed E-state index contributed by atoms with van der Waals surface area (Å²) < 4.78 is 5.22. The molecule has 0 radical (unpaired) electrons. The third-order valence-electron chi connectivity index (χ3n) is 5.72. The number of nitrogens with zero attached hydrogens (tertiary/aromatic N) is 2. The Labute approximate surface area is 181 Å². The number of rotatable bonds is 8. The van der Waals surface area contributed by atoms with Crippen molar-refractivity contribution in [3.63, 3.8) is 0 Å². The lowest BCUT2D eigenvalue weighted by molar-refractivity contribution is -0.123. The number of carbonyl (C=O) groups excluding carboxylic acids is 1. The molecule has 0 saturated carbocycles. The van der Waals surface area contributed by atoms with Crippen molar-refractivity contribution >= 4 is 16.8 Å². The minimum atomic E-state index is -0.171. The van der Waals surface area contributed by atoms with E-state index in [9.17, 15) is 9.59 Å². The van der Waals surface area contributed by atoms with Crippen molar-refractivity contribution in [2.45, 2.75) is 31.8 Å². The van der Waals surface area contributed by atoms with E-state index in [2.05, 4.69) is 27.4 Å². The van der Waals surface area contributed by atoms with E-state index in [0.29, 0.717) is 36.4 Å². The van der Waals surface area contributed by atoms with Crippen molar-refractivity contribution in [3.8, 4) is 0 Å². The highest BCUT2D eigenvalue weighted by Crippen LogP contribution is 2.29. The normalized spacial score (nSPS) is 15.7. The molecule has 0 spiro atoms. The number of carbonyl (C=O) groups is 1. The van der Waals surface area contributed by atoms with Crippen LogP contribution in [0.4, 0.5) is 0 Å². The smallest absolute Gasteiger partial charge is 0.258 e. The molecule has 0 saturated heterocycles. The minimum absolute atomic E-state index is 0.0408. The fraction of sp³-hybridized carbons (Fsp3) is 0.375. The lowest BCUT2D eigenvalue weighted by Gasteiger charge is -2.28. The summed E-state index contributed by atoms with van der Waals surface area (Å²) in [4.78, 5) is 34.6. The molecule has 162 valence electrons. The standard InChI is InChI=1S/C24H28N4O3/c1-31-14-13-28(15-22-25-21-11-5-4-10-19(21)24(30)27-22)16-23(29)26-20-12-6-8-17-7-2-3-9-18(17)20/h2-5,7,9-11,20H,6,8,12-16H2,1H3,(H,26,29)(H,25,27,30)/t20-/m0/s1. The van der Waals surface area contributed by atoms with Crippen LogP contribution in [-0.4, -0.2) is 47.6 Å². The SMILES string of the molecule is COCCN(CC(=O)N[C@H]1CCCc2ccccc21)Cc1nc2ccccc2c(=O)[nH]1. The number of nitrogens with one attached hydrogen (secondary N) is 2. The van der Waals surface area contributed by atoms with Crippen LogP contribution in [0.25, 0.3) is 10.9 Å². The van der Waals surface area contributed by atoms with Crippen molar-refractivity contribution < 1.29 is 9.53 Å². The molecule has 7 heteroatoms. The first-order chi connectivity index (χ1) is 15.1. The van der Waals surface area contributed by atoms with E-state index >= 15 is 0 Å². The van der Waals surface area contributed by atoms with Crippen LogP contribution >= 0.6 is 0 Å². The zero-order valence-corrected chi connectivity index (χ0v) is 17.8. The molecular formula is C24H28N4O3. The number of aromatic amines is 1. The fourth-order valence-corrected chi connectivity index (χ4v) is 4.20. The van der Waals surface area contributed by atoms with E-state index in [4.69, 9.17) is 4.74 Å². The predicted molar refractivity (Wildman–Crippen MR) is 120 cm³/mol. The number of aryl methyl sites for hydroxylation is 1. The molecular weight excluding hydrogens is 392 g/mol. The first kappa shape index (κ1) is 21.2. The maximum atomic E-state index is 12.9. The molecule has 31 heavy (non-hydrogen) atoms. The van der Waals surface area contributed by atoms with Gasteiger partial charge in [0, 0.05) is 13.7 Å². The van der Waals surface area contributed by atoms with Gasteiger partial charge in [0.25, 0.3) is 5.56 Å². The van der Waals surface area contributed by atoms with Gasteiger partial charge in [-0.2, -0.15) is 0 Å². The Kier molecular flexibility index (Phi) is 6.74. The van der Waals surface area contributed by atoms with Gasteiger partial charge in [0.15, 0.2) is 0 Å². The molecule has 2 aromatic carbocycles. The van der Waals surface area contributed by atoms with Crippen LogP contribution in [0.3, 0.4) is 0 Å². The first-order valence-corrected chi connectivity index (χ1v) is 10.7. The molecule has 0 aliphatic heterocycles. The maximum Gasteiger partial charge on any atom is 0.258 e. The second kappa shape index (κ2) is 9.85. The van der Waals surface area contributed by atoms with Gasteiger partial charge in [-0.1, -0.05) is 36.4 Å². The van der Waals surface area contributed by atoms with Crippen LogP contribution in [0.1, 0.15) is 35.8 Å². The van der Waals surface area contributed by atoms with Crippen LogP contribution in [0, 0.1) is 0 Å². The summed E-state index contributed by atoms with van der Waals surface area (Å²) >= 11 is 0. The van der Waals surface area contributed by atoms with E-state index < -0.39 is 0 Å². The molecule has 7 nitrogen and oxygen atoms in total. The van der Waals surface area contributed by atoms with Crippen LogP contribution in [0.2, 0.25) is 0 Å². The van der Waals surface area contributed by atoms with Gasteiger partial charge < -0.3 is 15.0 Å². The fourth-order valence-electron chi connectivity index (χ4n) is 4.20. The summed E-state index contributed by atoms with van der Waals surface area (Å²) in [7, 11) is 1.63. The molecule has 1 aliphatic rings. The van der Waals surface area contributed by atoms with Crippen LogP contribution in [-0.2, 0) is 22.5 Å². The number of para-hydroxylation sites is 1. The van der Waals surface area contributed by atoms with Gasteiger partial charge in [0.1, 0.15) is 5.82 Å². The molecule has 1 aliphatic carbocycles. The second-order valence-corrected chi connectivity index (χ2v) is 7.94. The molecule has 3 aromatic rings. The molecule has 4 rings (SSSR count). The zero-order valence-electron chi connectivity index (χ0n) is 17.8. The molecule has 0 bridgehead atoms. The number of amides is 1. The highest BCUT2D eigenvalue weighted by atomic mass is 16.5. The Morgan fingerprint density at radius 3 is 2.90 bits per heavy atom. The van der Waals surface area contributed by atoms with Crippen LogP contribution < -0.4 is 10.9 Å². The average molecular weight is 421 g/mol. The molecule has 1 aromatic heterocycles. The largest absolute Gasteiger partial charge is 0.383 e. The van der Waals surface area contributed by atoms with E-state index in [0.717, 1.165) is 19.3 Å². The van der Waals surface area contributed by atoms with E-state index in [-0.39, 0.29) is 24.1 Å². The summed E-state index contributed by atoms with van der Waals surface area (Å²) in [6.45, 7) is 1.61. The number of H-pyrrole nitrogens is 1. The average Bonchev–Trinajstić information content (AvgIpc) is 2.78. The second-order valence-electron chi connectivity index (χ2n) is 7.94. The third-order valence-corrected chi connectivity index (χ3v) is 5.72. The number of hydrogen-bond acceptors (Lipinski definition) is 5.